The highest BCUT2D eigenvalue weighted by atomic mass is 35.5. The lowest BCUT2D eigenvalue weighted by Gasteiger charge is -2.10. The minimum Gasteiger partial charge on any atom is -0.317 e. The van der Waals surface area contributed by atoms with E-state index in [-0.39, 0.29) is 0 Å². The molecule has 2 aromatic carbocycles. The Morgan fingerprint density at radius 3 is 1.35 bits per heavy atom. The fraction of sp³-hybridized carbons (Fsp3) is 0.455. The van der Waals surface area contributed by atoms with Gasteiger partial charge >= 0.3 is 0 Å². The van der Waals surface area contributed by atoms with E-state index < -0.39 is 0 Å². The zero-order valence-corrected chi connectivity index (χ0v) is 17.9. The van der Waals surface area contributed by atoms with Gasteiger partial charge in [-0.3, -0.25) is 0 Å². The molecule has 0 aromatic heterocycles. The Morgan fingerprint density at radius 1 is 0.692 bits per heavy atom. The van der Waals surface area contributed by atoms with Crippen molar-refractivity contribution in [1.29, 1.82) is 0 Å². The summed E-state index contributed by atoms with van der Waals surface area (Å²) in [5, 5.41) is 8.18. The molecule has 0 bridgehead atoms. The fourth-order valence-corrected chi connectivity index (χ4v) is 2.90. The van der Waals surface area contributed by atoms with Crippen LogP contribution in [-0.2, 0) is 12.8 Å². The number of hydrogen-bond acceptors (Lipinski definition) is 2. The molecule has 0 fully saturated rings. The van der Waals surface area contributed by atoms with Crippen LogP contribution in [0.15, 0.2) is 48.5 Å². The molecule has 0 aliphatic heterocycles. The summed E-state index contributed by atoms with van der Waals surface area (Å²) in [4.78, 5) is 0. The minimum atomic E-state index is 0.552. The molecule has 144 valence electrons. The lowest BCUT2D eigenvalue weighted by atomic mass is 10.1. The smallest absolute Gasteiger partial charge is 0.0437 e. The third-order valence-electron chi connectivity index (χ3n) is 4.59. The molecular formula is C22H32Cl2N2. The van der Waals surface area contributed by atoms with Gasteiger partial charge in [-0.05, 0) is 76.9 Å². The maximum Gasteiger partial charge on any atom is 0.0437 e. The first-order valence-electron chi connectivity index (χ1n) is 9.29. The van der Waals surface area contributed by atoms with E-state index in [0.717, 1.165) is 35.7 Å². The minimum absolute atomic E-state index is 0.552. The van der Waals surface area contributed by atoms with Gasteiger partial charge in [0, 0.05) is 22.1 Å². The Labute approximate surface area is 169 Å². The Balaban J connectivity index is 0.000000260. The van der Waals surface area contributed by atoms with E-state index in [1.54, 1.807) is 0 Å². The van der Waals surface area contributed by atoms with Crippen LogP contribution in [0.5, 0.6) is 0 Å². The molecule has 2 N–H and O–H groups in total. The number of benzene rings is 2. The monoisotopic (exact) mass is 394 g/mol. The van der Waals surface area contributed by atoms with Crippen LogP contribution in [0.4, 0.5) is 0 Å². The van der Waals surface area contributed by atoms with Crippen molar-refractivity contribution in [3.8, 4) is 0 Å². The van der Waals surface area contributed by atoms with Gasteiger partial charge in [-0.25, -0.2) is 0 Å². The van der Waals surface area contributed by atoms with Gasteiger partial charge in [0.05, 0.1) is 0 Å². The summed E-state index contributed by atoms with van der Waals surface area (Å²) in [5.74, 6) is 0. The molecule has 2 nitrogen and oxygen atoms in total. The molecule has 2 aromatic rings. The molecule has 0 aliphatic rings. The van der Waals surface area contributed by atoms with Crippen LogP contribution < -0.4 is 10.6 Å². The van der Waals surface area contributed by atoms with Gasteiger partial charge in [0.1, 0.15) is 0 Å². The normalized spacial score (nSPS) is 12.8. The highest BCUT2D eigenvalue weighted by molar-refractivity contribution is 6.31. The molecule has 0 saturated carbocycles. The van der Waals surface area contributed by atoms with E-state index >= 15 is 0 Å². The number of nitrogens with one attached hydrogen (secondary N) is 2. The van der Waals surface area contributed by atoms with Gasteiger partial charge in [-0.1, -0.05) is 59.6 Å². The van der Waals surface area contributed by atoms with E-state index in [0.29, 0.717) is 12.1 Å². The number of aryl methyl sites for hydroxylation is 2. The molecule has 2 unspecified atom stereocenters. The first-order valence-corrected chi connectivity index (χ1v) is 10.0. The van der Waals surface area contributed by atoms with Gasteiger partial charge in [-0.2, -0.15) is 0 Å². The third-order valence-corrected chi connectivity index (χ3v) is 5.33. The standard InChI is InChI=1S/2C11H16ClN/c2*1-9(13-2)7-8-10-5-3-4-6-11(10)12/h2*3-6,9,13H,7-8H2,1-2H3. The predicted molar refractivity (Wildman–Crippen MR) is 117 cm³/mol. The molecule has 0 spiro atoms. The largest absolute Gasteiger partial charge is 0.317 e. The molecule has 2 rings (SSSR count). The topological polar surface area (TPSA) is 24.1 Å². The molecule has 2 atom stereocenters. The average molecular weight is 395 g/mol. The van der Waals surface area contributed by atoms with Crippen molar-refractivity contribution in [2.75, 3.05) is 14.1 Å². The Hall–Kier alpha value is -1.06. The number of rotatable bonds is 8. The predicted octanol–water partition coefficient (Wildman–Crippen LogP) is 5.76. The van der Waals surface area contributed by atoms with Crippen LogP contribution in [0.2, 0.25) is 10.0 Å². The van der Waals surface area contributed by atoms with Crippen LogP contribution >= 0.6 is 23.2 Å². The Kier molecular flexibility index (Phi) is 11.6. The van der Waals surface area contributed by atoms with Crippen LogP contribution in [0.25, 0.3) is 0 Å². The zero-order valence-electron chi connectivity index (χ0n) is 16.4. The highest BCUT2D eigenvalue weighted by Gasteiger charge is 2.02. The molecule has 26 heavy (non-hydrogen) atoms. The number of halogens is 2. The van der Waals surface area contributed by atoms with Crippen LogP contribution in [0, 0.1) is 0 Å². The van der Waals surface area contributed by atoms with Crippen LogP contribution in [0.1, 0.15) is 37.8 Å². The van der Waals surface area contributed by atoms with Crippen molar-refractivity contribution in [2.45, 2.75) is 51.6 Å². The van der Waals surface area contributed by atoms with Crippen molar-refractivity contribution in [3.05, 3.63) is 69.7 Å². The fourth-order valence-electron chi connectivity index (χ4n) is 2.43. The van der Waals surface area contributed by atoms with Crippen molar-refractivity contribution >= 4 is 23.2 Å². The lowest BCUT2D eigenvalue weighted by Crippen LogP contribution is -2.21. The molecule has 0 amide bonds. The summed E-state index contributed by atoms with van der Waals surface area (Å²) < 4.78 is 0. The molecule has 0 aliphatic carbocycles. The third kappa shape index (κ3) is 9.05. The molecule has 0 saturated heterocycles. The summed E-state index contributed by atoms with van der Waals surface area (Å²) in [6.45, 7) is 4.35. The molecular weight excluding hydrogens is 363 g/mol. The maximum absolute atomic E-state index is 6.03. The second kappa shape index (κ2) is 13.2. The van der Waals surface area contributed by atoms with Crippen molar-refractivity contribution in [2.24, 2.45) is 0 Å². The molecule has 4 heteroatoms. The van der Waals surface area contributed by atoms with Gasteiger partial charge in [0.2, 0.25) is 0 Å². The summed E-state index contributed by atoms with van der Waals surface area (Å²) in [5.41, 5.74) is 2.48. The van der Waals surface area contributed by atoms with Crippen molar-refractivity contribution in [3.63, 3.8) is 0 Å². The second-order valence-electron chi connectivity index (χ2n) is 6.64. The Bertz CT molecular complexity index is 576. The second-order valence-corrected chi connectivity index (χ2v) is 7.45. The van der Waals surface area contributed by atoms with Gasteiger partial charge in [-0.15, -0.1) is 0 Å². The van der Waals surface area contributed by atoms with Crippen molar-refractivity contribution < 1.29 is 0 Å². The first kappa shape index (κ1) is 23.0. The average Bonchev–Trinajstić information content (AvgIpc) is 2.66. The Morgan fingerprint density at radius 2 is 1.04 bits per heavy atom. The highest BCUT2D eigenvalue weighted by Crippen LogP contribution is 2.17. The van der Waals surface area contributed by atoms with Gasteiger partial charge < -0.3 is 10.6 Å². The first-order chi connectivity index (χ1) is 12.5. The van der Waals surface area contributed by atoms with Crippen LogP contribution in [0.3, 0.4) is 0 Å². The lowest BCUT2D eigenvalue weighted by molar-refractivity contribution is 0.565. The summed E-state index contributed by atoms with van der Waals surface area (Å²) in [7, 11) is 3.97. The van der Waals surface area contributed by atoms with E-state index in [1.807, 2.05) is 50.5 Å². The molecule has 0 radical (unpaired) electrons. The van der Waals surface area contributed by atoms with Gasteiger partial charge in [0.15, 0.2) is 0 Å². The van der Waals surface area contributed by atoms with E-state index in [9.17, 15) is 0 Å². The summed E-state index contributed by atoms with van der Waals surface area (Å²) in [6.07, 6.45) is 4.34. The van der Waals surface area contributed by atoms with Crippen molar-refractivity contribution in [1.82, 2.24) is 10.6 Å². The maximum atomic E-state index is 6.03. The molecule has 0 heterocycles. The van der Waals surface area contributed by atoms with E-state index in [1.165, 1.54) is 11.1 Å². The quantitative estimate of drug-likeness (QED) is 0.594. The number of hydrogen-bond donors (Lipinski definition) is 2. The van der Waals surface area contributed by atoms with Crippen LogP contribution in [-0.4, -0.2) is 26.2 Å². The summed E-state index contributed by atoms with van der Waals surface area (Å²) in [6, 6.07) is 17.2. The van der Waals surface area contributed by atoms with E-state index in [2.05, 4.69) is 36.6 Å². The zero-order chi connectivity index (χ0) is 19.4. The SMILES string of the molecule is CNC(C)CCc1ccccc1Cl.CNC(C)CCc1ccccc1Cl. The van der Waals surface area contributed by atoms with Gasteiger partial charge in [0.25, 0.3) is 0 Å². The van der Waals surface area contributed by atoms with E-state index in [4.69, 9.17) is 23.2 Å². The summed E-state index contributed by atoms with van der Waals surface area (Å²) >= 11 is 12.1.